The molecule has 0 aliphatic rings. The lowest BCUT2D eigenvalue weighted by Crippen LogP contribution is -2.77. The molecule has 2 unspecified atom stereocenters. The summed E-state index contributed by atoms with van der Waals surface area (Å²) in [5, 5.41) is 40.4. The van der Waals surface area contributed by atoms with E-state index in [0.717, 1.165) is 26.2 Å². The number of unbranched alkanes of at least 4 members (excludes halogenated alkanes) is 15. The molecule has 0 fully saturated rings. The van der Waals surface area contributed by atoms with E-state index in [2.05, 4.69) is 6.92 Å². The second-order valence-electron chi connectivity index (χ2n) is 11.3. The van der Waals surface area contributed by atoms with Crippen LogP contribution in [0.2, 0.25) is 0 Å². The van der Waals surface area contributed by atoms with Gasteiger partial charge >= 0.3 is 17.9 Å². The predicted molar refractivity (Wildman–Crippen MR) is 142 cm³/mol. The molecule has 0 saturated heterocycles. The summed E-state index contributed by atoms with van der Waals surface area (Å²) >= 11 is 0. The minimum atomic E-state index is -2.88. The molecule has 212 valence electrons. The molecule has 0 bridgehead atoms. The van der Waals surface area contributed by atoms with Gasteiger partial charge in [-0.2, -0.15) is 0 Å². The summed E-state index contributed by atoms with van der Waals surface area (Å²) in [6, 6.07) is 0. The van der Waals surface area contributed by atoms with Gasteiger partial charge in [0, 0.05) is 6.42 Å². The topological polar surface area (TPSA) is 132 Å². The summed E-state index contributed by atoms with van der Waals surface area (Å²) < 4.78 is -0.440. The van der Waals surface area contributed by atoms with Crippen LogP contribution in [-0.4, -0.2) is 75.6 Å². The van der Waals surface area contributed by atoms with E-state index in [0.29, 0.717) is 12.8 Å². The van der Waals surface area contributed by atoms with Crippen LogP contribution in [0.5, 0.6) is 0 Å². The highest BCUT2D eigenvalue weighted by molar-refractivity contribution is 6.06. The van der Waals surface area contributed by atoms with Crippen molar-refractivity contribution in [2.24, 2.45) is 5.41 Å². The Hall–Kier alpha value is -1.67. The Labute approximate surface area is 218 Å². The molecule has 0 radical (unpaired) electrons. The van der Waals surface area contributed by atoms with Crippen molar-refractivity contribution < 1.29 is 39.3 Å². The van der Waals surface area contributed by atoms with Gasteiger partial charge in [0.1, 0.15) is 0 Å². The third-order valence-corrected chi connectivity index (χ3v) is 7.84. The van der Waals surface area contributed by atoms with Crippen LogP contribution >= 0.6 is 0 Å². The van der Waals surface area contributed by atoms with Gasteiger partial charge in [-0.1, -0.05) is 103 Å². The smallest absolute Gasteiger partial charge is 0.367 e. The molecule has 0 amide bonds. The van der Waals surface area contributed by atoms with Crippen LogP contribution in [0.3, 0.4) is 0 Å². The van der Waals surface area contributed by atoms with Crippen molar-refractivity contribution in [2.45, 2.75) is 135 Å². The highest BCUT2D eigenvalue weighted by Crippen LogP contribution is 2.46. The molecule has 4 N–H and O–H groups in total. The highest BCUT2D eigenvalue weighted by atomic mass is 16.4. The van der Waals surface area contributed by atoms with Crippen molar-refractivity contribution in [1.29, 1.82) is 0 Å². The Morgan fingerprint density at radius 2 is 0.917 bits per heavy atom. The van der Waals surface area contributed by atoms with Gasteiger partial charge in [0.25, 0.3) is 5.41 Å². The number of hydrogen-bond donors (Lipinski definition) is 4. The Morgan fingerprint density at radius 1 is 0.611 bits per heavy atom. The molecular weight excluding hydrogens is 462 g/mol. The number of hydrogen-bond acceptors (Lipinski definition) is 4. The fourth-order valence-corrected chi connectivity index (χ4v) is 5.70. The van der Waals surface area contributed by atoms with E-state index in [-0.39, 0.29) is 6.42 Å². The molecule has 0 aromatic heterocycles. The van der Waals surface area contributed by atoms with Crippen LogP contribution in [-0.2, 0) is 14.4 Å². The normalized spacial score (nSPS) is 14.8. The lowest BCUT2D eigenvalue weighted by atomic mass is 9.61. The van der Waals surface area contributed by atoms with Gasteiger partial charge in [0.2, 0.25) is 5.54 Å². The Bertz CT molecular complexity index is 643. The molecule has 0 saturated carbocycles. The Balaban J connectivity index is 4.65. The fourth-order valence-electron chi connectivity index (χ4n) is 5.70. The average Bonchev–Trinajstić information content (AvgIpc) is 2.76. The van der Waals surface area contributed by atoms with Gasteiger partial charge in [-0.3, -0.25) is 9.59 Å². The summed E-state index contributed by atoms with van der Waals surface area (Å²) in [4.78, 5) is 37.1. The van der Waals surface area contributed by atoms with E-state index in [1.807, 2.05) is 0 Å². The number of aliphatic hydroxyl groups excluding tert-OH is 1. The van der Waals surface area contributed by atoms with Gasteiger partial charge in [0.05, 0.1) is 27.2 Å². The minimum Gasteiger partial charge on any atom is -0.480 e. The second kappa shape index (κ2) is 17.0. The number of rotatable bonds is 23. The van der Waals surface area contributed by atoms with Gasteiger partial charge in [-0.15, -0.1) is 0 Å². The largest absolute Gasteiger partial charge is 0.480 e. The Kier molecular flexibility index (Phi) is 16.2. The maximum Gasteiger partial charge on any atom is 0.367 e. The molecular formula is C28H54NO7+. The molecule has 8 nitrogen and oxygen atoms in total. The third kappa shape index (κ3) is 9.02. The predicted octanol–water partition coefficient (Wildman–Crippen LogP) is 5.70. The van der Waals surface area contributed by atoms with Crippen LogP contribution in [0.15, 0.2) is 0 Å². The van der Waals surface area contributed by atoms with Crippen LogP contribution < -0.4 is 0 Å². The summed E-state index contributed by atoms with van der Waals surface area (Å²) in [6.07, 6.45) is 16.4. The minimum absolute atomic E-state index is 0.159. The summed E-state index contributed by atoms with van der Waals surface area (Å²) in [7, 11) is 4.43. The van der Waals surface area contributed by atoms with Crippen LogP contribution in [0.25, 0.3) is 0 Å². The van der Waals surface area contributed by atoms with Crippen LogP contribution in [0, 0.1) is 5.41 Å². The molecule has 0 spiro atoms. The lowest BCUT2D eigenvalue weighted by molar-refractivity contribution is -0.921. The number of likely N-dealkylation sites (N-methyl/N-ethyl adjacent to an activating group) is 1. The first-order valence-corrected chi connectivity index (χ1v) is 14.0. The quantitative estimate of drug-likeness (QED) is 0.0777. The Morgan fingerprint density at radius 3 is 1.14 bits per heavy atom. The van der Waals surface area contributed by atoms with Crippen LogP contribution in [0.1, 0.15) is 123 Å². The first-order valence-electron chi connectivity index (χ1n) is 14.0. The molecule has 0 aromatic carbocycles. The number of nitrogens with zero attached hydrogens (tertiary/aromatic N) is 1. The molecule has 0 heterocycles. The molecule has 8 heteroatoms. The number of aliphatic carboxylic acids is 3. The van der Waals surface area contributed by atoms with Crippen molar-refractivity contribution in [3.05, 3.63) is 0 Å². The zero-order valence-electron chi connectivity index (χ0n) is 23.6. The van der Waals surface area contributed by atoms with Gasteiger partial charge < -0.3 is 24.9 Å². The summed E-state index contributed by atoms with van der Waals surface area (Å²) in [6.45, 7) is 3.28. The van der Waals surface area contributed by atoms with E-state index in [4.69, 9.17) is 0 Å². The van der Waals surface area contributed by atoms with Gasteiger partial charge in [-0.05, 0) is 13.3 Å². The van der Waals surface area contributed by atoms with Crippen LogP contribution in [0.4, 0.5) is 0 Å². The second-order valence-corrected chi connectivity index (χ2v) is 11.3. The van der Waals surface area contributed by atoms with Gasteiger partial charge in [-0.25, -0.2) is 4.79 Å². The maximum absolute atomic E-state index is 12.6. The number of quaternary nitrogens is 1. The molecule has 0 aromatic rings. The van der Waals surface area contributed by atoms with Gasteiger partial charge in [0.15, 0.2) is 0 Å². The highest BCUT2D eigenvalue weighted by Gasteiger charge is 2.76. The summed E-state index contributed by atoms with van der Waals surface area (Å²) in [5.41, 5.74) is -5.12. The monoisotopic (exact) mass is 516 g/mol. The van der Waals surface area contributed by atoms with E-state index < -0.39 is 39.4 Å². The fraction of sp³-hybridized carbons (Fsp3) is 0.893. The first-order chi connectivity index (χ1) is 16.8. The molecule has 2 atom stereocenters. The third-order valence-electron chi connectivity index (χ3n) is 7.84. The molecule has 0 aliphatic heterocycles. The number of carboxylic acid groups (broad SMARTS) is 3. The van der Waals surface area contributed by atoms with E-state index in [9.17, 15) is 34.8 Å². The number of carboxylic acids is 3. The van der Waals surface area contributed by atoms with Crippen molar-refractivity contribution >= 4 is 17.9 Å². The van der Waals surface area contributed by atoms with E-state index in [1.165, 1.54) is 91.8 Å². The van der Waals surface area contributed by atoms with Crippen molar-refractivity contribution in [2.75, 3.05) is 21.1 Å². The SMILES string of the molecule is CCCCCCCCCCCCCCCCCCC(C(=O)O)(C(C(=O)O)(C(=O)O)C(C)O)[N+](C)(C)C. The average molecular weight is 517 g/mol. The van der Waals surface area contributed by atoms with E-state index in [1.54, 1.807) is 0 Å². The maximum atomic E-state index is 12.6. The molecule has 36 heavy (non-hydrogen) atoms. The lowest BCUT2D eigenvalue weighted by Gasteiger charge is -2.51. The molecule has 0 rings (SSSR count). The van der Waals surface area contributed by atoms with Crippen molar-refractivity contribution in [3.63, 3.8) is 0 Å². The first kappa shape index (κ1) is 34.3. The van der Waals surface area contributed by atoms with Crippen molar-refractivity contribution in [3.8, 4) is 0 Å². The zero-order chi connectivity index (χ0) is 27.8. The molecule has 0 aliphatic carbocycles. The summed E-state index contributed by atoms with van der Waals surface area (Å²) in [5.74, 6) is -5.20. The number of carbonyl (C=O) groups is 3. The van der Waals surface area contributed by atoms with E-state index >= 15 is 0 Å². The van der Waals surface area contributed by atoms with Crippen molar-refractivity contribution in [1.82, 2.24) is 0 Å². The standard InChI is InChI=1S/C28H53NO7/c1-6-7-8-9-10-11-12-13-14-15-16-17-18-19-20-21-22-27(24(31)32,29(3,4)5)28(23(2)30,25(33)34)26(35)36/h23,30H,6-22H2,1-5H3,(H2-,31,32,33,34,35,36)/p+1. The number of aliphatic hydroxyl groups is 1. The zero-order valence-corrected chi connectivity index (χ0v) is 23.6.